The zero-order valence-corrected chi connectivity index (χ0v) is 11.8. The highest BCUT2D eigenvalue weighted by Gasteiger charge is 2.39. The topological polar surface area (TPSA) is 59.1 Å². The van der Waals surface area contributed by atoms with Gasteiger partial charge in [0.1, 0.15) is 10.6 Å². The number of rotatable bonds is 2. The van der Waals surface area contributed by atoms with E-state index in [0.29, 0.717) is 0 Å². The van der Waals surface area contributed by atoms with Crippen LogP contribution in [0.2, 0.25) is 0 Å². The summed E-state index contributed by atoms with van der Waals surface area (Å²) in [6, 6.07) is 0. The van der Waals surface area contributed by atoms with Crippen LogP contribution in [0, 0.1) is 0 Å². The third-order valence-corrected chi connectivity index (χ3v) is 4.96. The van der Waals surface area contributed by atoms with Crippen molar-refractivity contribution in [1.29, 1.82) is 0 Å². The van der Waals surface area contributed by atoms with E-state index in [1.807, 2.05) is 19.2 Å². The largest absolute Gasteiger partial charge is 0.402 e. The molecule has 19 heavy (non-hydrogen) atoms. The molecule has 1 aromatic rings. The molecule has 1 aromatic heterocycles. The third-order valence-electron chi connectivity index (χ3n) is 3.72. The van der Waals surface area contributed by atoms with Crippen LogP contribution in [-0.4, -0.2) is 10.1 Å². The molecule has 1 fully saturated rings. The van der Waals surface area contributed by atoms with Gasteiger partial charge >= 0.3 is 0 Å². The monoisotopic (exact) mass is 274 g/mol. The molecule has 0 atom stereocenters. The Balaban J connectivity index is 1.89. The number of nitrogens with two attached hydrogens (primary N) is 1. The molecule has 0 aliphatic heterocycles. The molecule has 0 bridgehead atoms. The first-order valence-corrected chi connectivity index (χ1v) is 7.42. The summed E-state index contributed by atoms with van der Waals surface area (Å²) in [5.74, 6) is 0. The zero-order chi connectivity index (χ0) is 13.5. The lowest BCUT2D eigenvalue weighted by molar-refractivity contribution is -0.0389. The highest BCUT2D eigenvalue weighted by atomic mass is 32.1. The van der Waals surface area contributed by atoms with Gasteiger partial charge in [0.05, 0.1) is 4.88 Å². The van der Waals surface area contributed by atoms with Gasteiger partial charge in [-0.1, -0.05) is 12.2 Å². The molecule has 0 spiro atoms. The summed E-state index contributed by atoms with van der Waals surface area (Å²) >= 11 is 1.60. The Morgan fingerprint density at radius 2 is 2.16 bits per heavy atom. The van der Waals surface area contributed by atoms with Crippen LogP contribution in [-0.2, 0) is 5.60 Å². The number of hydrogen-bond acceptors (Lipinski definition) is 4. The van der Waals surface area contributed by atoms with Crippen LogP contribution < -0.4 is 5.73 Å². The molecule has 0 amide bonds. The van der Waals surface area contributed by atoms with E-state index in [4.69, 9.17) is 5.73 Å². The maximum Gasteiger partial charge on any atom is 0.125 e. The van der Waals surface area contributed by atoms with E-state index in [0.717, 1.165) is 52.4 Å². The maximum absolute atomic E-state index is 10.3. The van der Waals surface area contributed by atoms with Crippen LogP contribution in [0.1, 0.15) is 42.5 Å². The fraction of sp³-hybridized carbons (Fsp3) is 0.400. The minimum absolute atomic E-state index is 0.662. The summed E-state index contributed by atoms with van der Waals surface area (Å²) in [7, 11) is 0. The van der Waals surface area contributed by atoms with Crippen molar-refractivity contribution in [3.05, 3.63) is 45.6 Å². The van der Waals surface area contributed by atoms with Gasteiger partial charge in [-0.25, -0.2) is 4.98 Å². The van der Waals surface area contributed by atoms with E-state index in [1.54, 1.807) is 11.3 Å². The minimum atomic E-state index is -0.662. The first-order valence-electron chi connectivity index (χ1n) is 6.60. The van der Waals surface area contributed by atoms with Gasteiger partial charge in [-0.05, 0) is 43.4 Å². The lowest BCUT2D eigenvalue weighted by Crippen LogP contribution is -2.33. The van der Waals surface area contributed by atoms with Crippen LogP contribution >= 0.6 is 11.3 Å². The Kier molecular flexibility index (Phi) is 3.07. The van der Waals surface area contributed by atoms with E-state index >= 15 is 0 Å². The Morgan fingerprint density at radius 3 is 2.84 bits per heavy atom. The van der Waals surface area contributed by atoms with Gasteiger partial charge in [-0.15, -0.1) is 11.3 Å². The SMILES string of the molecule is CC1=CC(c2cnc(C3(O)CCC3)s2)=CCC(N)=C1. The second-order valence-corrected chi connectivity index (χ2v) is 6.42. The summed E-state index contributed by atoms with van der Waals surface area (Å²) in [6.45, 7) is 2.05. The number of aromatic nitrogens is 1. The Morgan fingerprint density at radius 1 is 1.37 bits per heavy atom. The molecule has 0 unspecified atom stereocenters. The molecule has 0 aromatic carbocycles. The predicted molar refractivity (Wildman–Crippen MR) is 78.5 cm³/mol. The molecular formula is C15H18N2OS. The van der Waals surface area contributed by atoms with Crippen molar-refractivity contribution in [2.75, 3.05) is 0 Å². The summed E-state index contributed by atoms with van der Waals surface area (Å²) < 4.78 is 0. The molecule has 0 saturated heterocycles. The zero-order valence-electron chi connectivity index (χ0n) is 11.0. The van der Waals surface area contributed by atoms with Crippen molar-refractivity contribution in [2.24, 2.45) is 5.73 Å². The standard InChI is InChI=1S/C15H18N2OS/c1-10-7-11(3-4-12(16)8-10)13-9-17-14(19-13)15(18)5-2-6-15/h3,7-9,18H,2,4-6,16H2,1H3. The van der Waals surface area contributed by atoms with Gasteiger partial charge in [-0.3, -0.25) is 0 Å². The average Bonchev–Trinajstić information content (AvgIpc) is 2.74. The highest BCUT2D eigenvalue weighted by molar-refractivity contribution is 7.12. The fourth-order valence-corrected chi connectivity index (χ4v) is 3.52. The quantitative estimate of drug-likeness (QED) is 0.871. The van der Waals surface area contributed by atoms with Crippen molar-refractivity contribution in [2.45, 2.75) is 38.2 Å². The van der Waals surface area contributed by atoms with Gasteiger partial charge in [0.2, 0.25) is 0 Å². The number of aliphatic hydroxyl groups is 1. The summed E-state index contributed by atoms with van der Waals surface area (Å²) in [6.07, 6.45) is 11.7. The summed E-state index contributed by atoms with van der Waals surface area (Å²) in [5.41, 5.74) is 8.42. The molecule has 1 heterocycles. The third kappa shape index (κ3) is 2.38. The van der Waals surface area contributed by atoms with Crippen LogP contribution in [0.25, 0.3) is 5.57 Å². The second kappa shape index (κ2) is 4.62. The molecule has 3 nitrogen and oxygen atoms in total. The van der Waals surface area contributed by atoms with Crippen LogP contribution in [0.5, 0.6) is 0 Å². The Bertz CT molecular complexity index is 591. The van der Waals surface area contributed by atoms with E-state index in [9.17, 15) is 5.11 Å². The van der Waals surface area contributed by atoms with Crippen LogP contribution in [0.4, 0.5) is 0 Å². The van der Waals surface area contributed by atoms with Gasteiger partial charge in [-0.2, -0.15) is 0 Å². The molecular weight excluding hydrogens is 256 g/mol. The molecule has 3 N–H and O–H groups in total. The van der Waals surface area contributed by atoms with E-state index < -0.39 is 5.60 Å². The van der Waals surface area contributed by atoms with Crippen molar-refractivity contribution >= 4 is 16.9 Å². The van der Waals surface area contributed by atoms with Gasteiger partial charge in [0.15, 0.2) is 0 Å². The maximum atomic E-state index is 10.3. The normalized spacial score (nSPS) is 21.9. The second-order valence-electron chi connectivity index (χ2n) is 5.39. The molecule has 2 aliphatic rings. The van der Waals surface area contributed by atoms with Gasteiger partial charge in [0, 0.05) is 18.3 Å². The van der Waals surface area contributed by atoms with E-state index in [2.05, 4.69) is 17.1 Å². The summed E-state index contributed by atoms with van der Waals surface area (Å²) in [4.78, 5) is 5.52. The Labute approximate surface area is 117 Å². The fourth-order valence-electron chi connectivity index (χ4n) is 2.45. The molecule has 4 heteroatoms. The number of thiazole rings is 1. The van der Waals surface area contributed by atoms with E-state index in [-0.39, 0.29) is 0 Å². The molecule has 2 aliphatic carbocycles. The molecule has 100 valence electrons. The number of nitrogens with zero attached hydrogens (tertiary/aromatic N) is 1. The van der Waals surface area contributed by atoms with Crippen molar-refractivity contribution in [1.82, 2.24) is 4.98 Å². The van der Waals surface area contributed by atoms with Crippen molar-refractivity contribution in [3.63, 3.8) is 0 Å². The average molecular weight is 274 g/mol. The number of allylic oxidation sites excluding steroid dienone is 5. The minimum Gasteiger partial charge on any atom is -0.402 e. The number of hydrogen-bond donors (Lipinski definition) is 2. The van der Waals surface area contributed by atoms with Gasteiger partial charge < -0.3 is 10.8 Å². The first-order chi connectivity index (χ1) is 9.07. The lowest BCUT2D eigenvalue weighted by atomic mass is 9.81. The molecule has 0 radical (unpaired) electrons. The van der Waals surface area contributed by atoms with Crippen molar-refractivity contribution < 1.29 is 5.11 Å². The molecule has 1 saturated carbocycles. The summed E-state index contributed by atoms with van der Waals surface area (Å²) in [5, 5.41) is 11.2. The van der Waals surface area contributed by atoms with Crippen molar-refractivity contribution in [3.8, 4) is 0 Å². The smallest absolute Gasteiger partial charge is 0.125 e. The lowest BCUT2D eigenvalue weighted by Gasteiger charge is -2.34. The highest BCUT2D eigenvalue weighted by Crippen LogP contribution is 2.43. The first kappa shape index (κ1) is 12.6. The molecule has 3 rings (SSSR count). The predicted octanol–water partition coefficient (Wildman–Crippen LogP) is 3.09. The Hall–Kier alpha value is -1.39. The van der Waals surface area contributed by atoms with Gasteiger partial charge in [0.25, 0.3) is 0 Å². The van der Waals surface area contributed by atoms with E-state index in [1.165, 1.54) is 0 Å². The van der Waals surface area contributed by atoms with Crippen LogP contribution in [0.3, 0.4) is 0 Å². The van der Waals surface area contributed by atoms with Crippen LogP contribution in [0.15, 0.2) is 35.7 Å².